The third-order valence-electron chi connectivity index (χ3n) is 3.95. The first-order chi connectivity index (χ1) is 12.2. The summed E-state index contributed by atoms with van der Waals surface area (Å²) < 4.78 is 41.1. The SMILES string of the molecule is CN=C(NCc1ccc(COCC(F)(F)F)cc1)N1CCSC(C)(C)C1.I. The summed E-state index contributed by atoms with van der Waals surface area (Å²) in [4.78, 5) is 6.63. The lowest BCUT2D eigenvalue weighted by molar-refractivity contribution is -0.176. The lowest BCUT2D eigenvalue weighted by atomic mass is 10.1. The minimum atomic E-state index is -4.29. The van der Waals surface area contributed by atoms with Gasteiger partial charge in [0.15, 0.2) is 5.96 Å². The summed E-state index contributed by atoms with van der Waals surface area (Å²) in [6.45, 7) is 5.70. The number of alkyl halides is 3. The zero-order chi connectivity index (χ0) is 19.2. The lowest BCUT2D eigenvalue weighted by Gasteiger charge is -2.39. The Morgan fingerprint density at radius 3 is 2.44 bits per heavy atom. The summed E-state index contributed by atoms with van der Waals surface area (Å²) in [6.07, 6.45) is -4.29. The molecule has 4 nitrogen and oxygen atoms in total. The number of ether oxygens (including phenoxy) is 1. The average Bonchev–Trinajstić information content (AvgIpc) is 2.55. The Morgan fingerprint density at radius 1 is 1.26 bits per heavy atom. The van der Waals surface area contributed by atoms with Crippen LogP contribution in [0.5, 0.6) is 0 Å². The second-order valence-corrected chi connectivity index (χ2v) is 8.66. The van der Waals surface area contributed by atoms with Crippen LogP contribution in [0.1, 0.15) is 25.0 Å². The second kappa shape index (κ2) is 10.8. The van der Waals surface area contributed by atoms with Gasteiger partial charge in [0, 0.05) is 37.2 Å². The van der Waals surface area contributed by atoms with Crippen LogP contribution in [0.2, 0.25) is 0 Å². The topological polar surface area (TPSA) is 36.9 Å². The fourth-order valence-corrected chi connectivity index (χ4v) is 3.86. The Balaban J connectivity index is 0.00000364. The van der Waals surface area contributed by atoms with Crippen molar-refractivity contribution in [2.45, 2.75) is 37.9 Å². The van der Waals surface area contributed by atoms with Crippen molar-refractivity contribution >= 4 is 41.7 Å². The molecule has 0 aromatic heterocycles. The number of halogens is 4. The Kier molecular flexibility index (Phi) is 9.70. The molecule has 0 amide bonds. The van der Waals surface area contributed by atoms with Gasteiger partial charge in [-0.2, -0.15) is 24.9 Å². The molecule has 1 aliphatic heterocycles. The molecule has 154 valence electrons. The first-order valence-corrected chi connectivity index (χ1v) is 9.49. The van der Waals surface area contributed by atoms with Gasteiger partial charge in [-0.3, -0.25) is 4.99 Å². The van der Waals surface area contributed by atoms with Gasteiger partial charge in [0.1, 0.15) is 6.61 Å². The summed E-state index contributed by atoms with van der Waals surface area (Å²) in [6, 6.07) is 7.36. The van der Waals surface area contributed by atoms with E-state index in [0.29, 0.717) is 6.54 Å². The van der Waals surface area contributed by atoms with Crippen molar-refractivity contribution < 1.29 is 17.9 Å². The van der Waals surface area contributed by atoms with Crippen molar-refractivity contribution in [3.8, 4) is 0 Å². The van der Waals surface area contributed by atoms with E-state index in [4.69, 9.17) is 0 Å². The predicted molar refractivity (Wildman–Crippen MR) is 116 cm³/mol. The molecule has 0 unspecified atom stereocenters. The Bertz CT molecular complexity index is 609. The molecule has 9 heteroatoms. The summed E-state index contributed by atoms with van der Waals surface area (Å²) in [5.74, 6) is 1.94. The standard InChI is InChI=1S/C18H26F3N3OS.HI/c1-17(2)12-24(8-9-26-17)16(22-3)23-10-14-4-6-15(7-5-14)11-25-13-18(19,20)21;/h4-7H,8-13H2,1-3H3,(H,22,23);1H. The van der Waals surface area contributed by atoms with Crippen molar-refractivity contribution in [3.05, 3.63) is 35.4 Å². The number of thioether (sulfide) groups is 1. The maximum Gasteiger partial charge on any atom is 0.411 e. The van der Waals surface area contributed by atoms with Crippen LogP contribution in [0.25, 0.3) is 0 Å². The highest BCUT2D eigenvalue weighted by molar-refractivity contribution is 14.0. The van der Waals surface area contributed by atoms with Gasteiger partial charge in [-0.05, 0) is 25.0 Å². The molecule has 2 rings (SSSR count). The number of hydrogen-bond acceptors (Lipinski definition) is 3. The van der Waals surface area contributed by atoms with E-state index >= 15 is 0 Å². The average molecular weight is 517 g/mol. The molecule has 1 aliphatic rings. The minimum Gasteiger partial charge on any atom is -0.367 e. The third kappa shape index (κ3) is 8.91. The largest absolute Gasteiger partial charge is 0.411 e. The van der Waals surface area contributed by atoms with Crippen molar-refractivity contribution in [2.24, 2.45) is 4.99 Å². The number of hydrogen-bond donors (Lipinski definition) is 1. The number of nitrogens with one attached hydrogen (secondary N) is 1. The summed E-state index contributed by atoms with van der Waals surface area (Å²) in [5, 5.41) is 3.36. The third-order valence-corrected chi connectivity index (χ3v) is 5.24. The maximum absolute atomic E-state index is 12.1. The number of nitrogens with zero attached hydrogens (tertiary/aromatic N) is 2. The zero-order valence-corrected chi connectivity index (χ0v) is 19.0. The van der Waals surface area contributed by atoms with E-state index in [9.17, 15) is 13.2 Å². The highest BCUT2D eigenvalue weighted by atomic mass is 127. The molecule has 0 aliphatic carbocycles. The molecule has 0 radical (unpaired) electrons. The molecule has 1 saturated heterocycles. The first-order valence-electron chi connectivity index (χ1n) is 8.50. The Hall–Kier alpha value is -0.680. The molecular weight excluding hydrogens is 490 g/mol. The van der Waals surface area contributed by atoms with Gasteiger partial charge in [0.05, 0.1) is 6.61 Å². The highest BCUT2D eigenvalue weighted by Crippen LogP contribution is 2.29. The number of guanidine groups is 1. The van der Waals surface area contributed by atoms with E-state index < -0.39 is 12.8 Å². The maximum atomic E-state index is 12.1. The monoisotopic (exact) mass is 517 g/mol. The van der Waals surface area contributed by atoms with Gasteiger partial charge in [-0.1, -0.05) is 24.3 Å². The Labute approximate surface area is 180 Å². The number of rotatable bonds is 5. The summed E-state index contributed by atoms with van der Waals surface area (Å²) >= 11 is 1.97. The van der Waals surface area contributed by atoms with E-state index in [-0.39, 0.29) is 35.3 Å². The molecular formula is C18H27F3IN3OS. The van der Waals surface area contributed by atoms with E-state index in [1.54, 1.807) is 19.2 Å². The van der Waals surface area contributed by atoms with Crippen LogP contribution in [0, 0.1) is 0 Å². The number of aliphatic imine (C=N–C) groups is 1. The van der Waals surface area contributed by atoms with E-state index in [0.717, 1.165) is 35.9 Å². The van der Waals surface area contributed by atoms with Gasteiger partial charge < -0.3 is 15.0 Å². The zero-order valence-electron chi connectivity index (χ0n) is 15.8. The fraction of sp³-hybridized carbons (Fsp3) is 0.611. The van der Waals surface area contributed by atoms with Crippen LogP contribution in [0.4, 0.5) is 13.2 Å². The van der Waals surface area contributed by atoms with Crippen LogP contribution >= 0.6 is 35.7 Å². The van der Waals surface area contributed by atoms with Gasteiger partial charge >= 0.3 is 6.18 Å². The van der Waals surface area contributed by atoms with Crippen LogP contribution < -0.4 is 5.32 Å². The number of benzene rings is 1. The molecule has 1 aromatic rings. The molecule has 1 aromatic carbocycles. The molecule has 1 heterocycles. The molecule has 0 atom stereocenters. The van der Waals surface area contributed by atoms with E-state index in [1.165, 1.54) is 0 Å². The van der Waals surface area contributed by atoms with Crippen molar-refractivity contribution in [2.75, 3.05) is 32.5 Å². The van der Waals surface area contributed by atoms with Crippen LogP contribution in [-0.2, 0) is 17.9 Å². The van der Waals surface area contributed by atoms with Crippen LogP contribution in [0.15, 0.2) is 29.3 Å². The first kappa shape index (κ1) is 24.4. The molecule has 1 N–H and O–H groups in total. The second-order valence-electron chi connectivity index (χ2n) is 6.85. The van der Waals surface area contributed by atoms with Gasteiger partial charge in [-0.15, -0.1) is 24.0 Å². The highest BCUT2D eigenvalue weighted by Gasteiger charge is 2.29. The van der Waals surface area contributed by atoms with Crippen molar-refractivity contribution in [1.29, 1.82) is 0 Å². The van der Waals surface area contributed by atoms with Gasteiger partial charge in [0.25, 0.3) is 0 Å². The van der Waals surface area contributed by atoms with Crippen molar-refractivity contribution in [1.82, 2.24) is 10.2 Å². The van der Waals surface area contributed by atoms with Crippen LogP contribution in [-0.4, -0.2) is 54.3 Å². The van der Waals surface area contributed by atoms with Crippen LogP contribution in [0.3, 0.4) is 0 Å². The van der Waals surface area contributed by atoms with Crippen molar-refractivity contribution in [3.63, 3.8) is 0 Å². The quantitative estimate of drug-likeness (QED) is 0.360. The Morgan fingerprint density at radius 2 is 1.89 bits per heavy atom. The molecule has 1 fully saturated rings. The molecule has 27 heavy (non-hydrogen) atoms. The predicted octanol–water partition coefficient (Wildman–Crippen LogP) is 4.29. The summed E-state index contributed by atoms with van der Waals surface area (Å²) in [5.41, 5.74) is 1.76. The van der Waals surface area contributed by atoms with E-state index in [1.807, 2.05) is 23.9 Å². The summed E-state index contributed by atoms with van der Waals surface area (Å²) in [7, 11) is 1.78. The minimum absolute atomic E-state index is 0. The molecule has 0 saturated carbocycles. The van der Waals surface area contributed by atoms with Gasteiger partial charge in [-0.25, -0.2) is 0 Å². The smallest absolute Gasteiger partial charge is 0.367 e. The van der Waals surface area contributed by atoms with Gasteiger partial charge in [0.2, 0.25) is 0 Å². The fourth-order valence-electron chi connectivity index (χ4n) is 2.75. The normalized spacial score (nSPS) is 17.4. The lowest BCUT2D eigenvalue weighted by Crippen LogP contribution is -2.50. The molecule has 0 bridgehead atoms. The van der Waals surface area contributed by atoms with E-state index in [2.05, 4.69) is 33.8 Å². The molecule has 0 spiro atoms.